The molecule has 0 saturated carbocycles. The zero-order chi connectivity index (χ0) is 22.1. The summed E-state index contributed by atoms with van der Waals surface area (Å²) in [6.07, 6.45) is 0. The van der Waals surface area contributed by atoms with Crippen molar-refractivity contribution in [1.82, 2.24) is 9.88 Å². The zero-order valence-corrected chi connectivity index (χ0v) is 17.8. The minimum absolute atomic E-state index is 0.0189. The van der Waals surface area contributed by atoms with Gasteiger partial charge in [0.1, 0.15) is 17.2 Å². The van der Waals surface area contributed by atoms with Gasteiger partial charge in [-0.1, -0.05) is 29.3 Å². The molecule has 1 heterocycles. The van der Waals surface area contributed by atoms with Crippen LogP contribution in [0.3, 0.4) is 0 Å². The highest BCUT2D eigenvalue weighted by atomic mass is 35.5. The topological polar surface area (TPSA) is 46.3 Å². The molecule has 8 heteroatoms. The first kappa shape index (κ1) is 21.3. The van der Waals surface area contributed by atoms with Crippen LogP contribution in [-0.4, -0.2) is 15.8 Å². The average molecular weight is 461 g/mol. The molecular weight excluding hydrogens is 445 g/mol. The van der Waals surface area contributed by atoms with Crippen molar-refractivity contribution in [2.24, 2.45) is 0 Å². The molecule has 0 N–H and O–H groups in total. The second-order valence-corrected chi connectivity index (χ2v) is 7.94. The maximum atomic E-state index is 14.3. The Kier molecular flexibility index (Phi) is 5.94. The Bertz CT molecular complexity index is 1290. The summed E-state index contributed by atoms with van der Waals surface area (Å²) in [6, 6.07) is 13.1. The molecule has 0 aliphatic carbocycles. The van der Waals surface area contributed by atoms with Crippen LogP contribution < -0.4 is 0 Å². The fourth-order valence-electron chi connectivity index (χ4n) is 3.22. The van der Waals surface area contributed by atoms with E-state index in [0.29, 0.717) is 16.1 Å². The molecule has 0 aliphatic rings. The van der Waals surface area contributed by atoms with Crippen LogP contribution in [0.25, 0.3) is 11.1 Å². The van der Waals surface area contributed by atoms with Gasteiger partial charge >= 0.3 is 0 Å². The lowest BCUT2D eigenvalue weighted by Crippen LogP contribution is -2.31. The number of amides is 1. The minimum atomic E-state index is -0.630. The lowest BCUT2D eigenvalue weighted by Gasteiger charge is -2.22. The highest BCUT2D eigenvalue weighted by molar-refractivity contribution is 6.36. The van der Waals surface area contributed by atoms with E-state index < -0.39 is 17.5 Å². The number of oxazole rings is 1. The Balaban J connectivity index is 1.71. The molecule has 1 amide bonds. The average Bonchev–Trinajstić information content (AvgIpc) is 3.11. The molecule has 0 atom stereocenters. The van der Waals surface area contributed by atoms with Gasteiger partial charge in [-0.15, -0.1) is 0 Å². The van der Waals surface area contributed by atoms with Crippen molar-refractivity contribution in [2.75, 3.05) is 0 Å². The third kappa shape index (κ3) is 4.70. The van der Waals surface area contributed by atoms with E-state index in [2.05, 4.69) is 4.98 Å². The monoisotopic (exact) mass is 460 g/mol. The maximum Gasteiger partial charge on any atom is 0.256 e. The first-order valence-corrected chi connectivity index (χ1v) is 10.1. The molecule has 0 radical (unpaired) electrons. The van der Waals surface area contributed by atoms with Crippen LogP contribution in [0.4, 0.5) is 8.78 Å². The number of carbonyl (C=O) groups excluding carboxylic acids is 1. The summed E-state index contributed by atoms with van der Waals surface area (Å²) in [5, 5.41) is 0.522. The molecule has 0 fully saturated rings. The Labute approximate surface area is 187 Å². The van der Waals surface area contributed by atoms with Gasteiger partial charge in [0.05, 0.1) is 17.1 Å². The summed E-state index contributed by atoms with van der Waals surface area (Å²) >= 11 is 12.1. The van der Waals surface area contributed by atoms with Crippen LogP contribution in [0.2, 0.25) is 10.0 Å². The Morgan fingerprint density at radius 2 is 1.84 bits per heavy atom. The van der Waals surface area contributed by atoms with Gasteiger partial charge in [-0.25, -0.2) is 13.8 Å². The predicted octanol–water partition coefficient (Wildman–Crippen LogP) is 6.56. The number of benzene rings is 3. The highest BCUT2D eigenvalue weighted by Crippen LogP contribution is 2.25. The van der Waals surface area contributed by atoms with Crippen molar-refractivity contribution < 1.29 is 18.0 Å². The molecule has 0 aliphatic heterocycles. The largest absolute Gasteiger partial charge is 0.439 e. The van der Waals surface area contributed by atoms with Crippen LogP contribution >= 0.6 is 23.2 Å². The molecule has 158 valence electrons. The van der Waals surface area contributed by atoms with E-state index in [0.717, 1.165) is 23.8 Å². The van der Waals surface area contributed by atoms with Gasteiger partial charge in [0.25, 0.3) is 5.91 Å². The van der Waals surface area contributed by atoms with Crippen LogP contribution in [0.5, 0.6) is 0 Å². The Morgan fingerprint density at radius 1 is 1.03 bits per heavy atom. The maximum absolute atomic E-state index is 14.3. The molecule has 31 heavy (non-hydrogen) atoms. The number of hydrogen-bond acceptors (Lipinski definition) is 3. The molecule has 3 aromatic carbocycles. The second kappa shape index (κ2) is 8.65. The van der Waals surface area contributed by atoms with Gasteiger partial charge < -0.3 is 9.32 Å². The van der Waals surface area contributed by atoms with Crippen molar-refractivity contribution in [1.29, 1.82) is 0 Å². The first-order chi connectivity index (χ1) is 14.8. The van der Waals surface area contributed by atoms with Gasteiger partial charge in [-0.3, -0.25) is 4.79 Å². The fraction of sp³-hybridized carbons (Fsp3) is 0.130. The van der Waals surface area contributed by atoms with Gasteiger partial charge in [0, 0.05) is 17.1 Å². The standard InChI is InChI=1S/C23H16Cl2F2N2O2/c1-13-2-7-21-20(8-13)28-22(31-21)12-29(11-14-9-16(26)4-6-19(14)27)23(30)17-5-3-15(24)10-18(17)25/h2-10H,11-12H2,1H3. The summed E-state index contributed by atoms with van der Waals surface area (Å²) in [7, 11) is 0. The quantitative estimate of drug-likeness (QED) is 0.338. The zero-order valence-electron chi connectivity index (χ0n) is 16.3. The van der Waals surface area contributed by atoms with Crippen molar-refractivity contribution in [3.63, 3.8) is 0 Å². The highest BCUT2D eigenvalue weighted by Gasteiger charge is 2.23. The number of fused-ring (bicyclic) bond motifs is 1. The number of nitrogens with zero attached hydrogens (tertiary/aromatic N) is 2. The van der Waals surface area contributed by atoms with E-state index in [1.54, 1.807) is 6.07 Å². The Hall–Kier alpha value is -2.96. The molecule has 0 spiro atoms. The molecule has 0 unspecified atom stereocenters. The van der Waals surface area contributed by atoms with Crippen molar-refractivity contribution in [3.05, 3.63) is 98.9 Å². The fourth-order valence-corrected chi connectivity index (χ4v) is 3.71. The summed E-state index contributed by atoms with van der Waals surface area (Å²) in [5.74, 6) is -1.47. The van der Waals surface area contributed by atoms with E-state index >= 15 is 0 Å². The number of rotatable bonds is 5. The number of hydrogen-bond donors (Lipinski definition) is 0. The number of aryl methyl sites for hydroxylation is 1. The summed E-state index contributed by atoms with van der Waals surface area (Å²) in [5.41, 5.74) is 2.41. The van der Waals surface area contributed by atoms with Crippen LogP contribution in [0.1, 0.15) is 27.4 Å². The number of aromatic nitrogens is 1. The molecule has 1 aromatic heterocycles. The third-order valence-electron chi connectivity index (χ3n) is 4.73. The number of halogens is 4. The molecule has 0 bridgehead atoms. The van der Waals surface area contributed by atoms with Gasteiger partial charge in [-0.2, -0.15) is 0 Å². The van der Waals surface area contributed by atoms with E-state index in [1.165, 1.54) is 23.1 Å². The molecule has 4 aromatic rings. The summed E-state index contributed by atoms with van der Waals surface area (Å²) in [6.45, 7) is 1.65. The summed E-state index contributed by atoms with van der Waals surface area (Å²) < 4.78 is 33.7. The normalized spacial score (nSPS) is 11.1. The van der Waals surface area contributed by atoms with Crippen LogP contribution in [-0.2, 0) is 13.1 Å². The predicted molar refractivity (Wildman–Crippen MR) is 115 cm³/mol. The number of carbonyl (C=O) groups is 1. The lowest BCUT2D eigenvalue weighted by molar-refractivity contribution is 0.0713. The van der Waals surface area contributed by atoms with Crippen molar-refractivity contribution in [2.45, 2.75) is 20.0 Å². The second-order valence-electron chi connectivity index (χ2n) is 7.10. The van der Waals surface area contributed by atoms with E-state index in [-0.39, 0.29) is 35.1 Å². The summed E-state index contributed by atoms with van der Waals surface area (Å²) in [4.78, 5) is 19.0. The van der Waals surface area contributed by atoms with Crippen LogP contribution in [0, 0.1) is 18.6 Å². The van der Waals surface area contributed by atoms with Gasteiger partial charge in [0.15, 0.2) is 5.58 Å². The molecule has 4 nitrogen and oxygen atoms in total. The van der Waals surface area contributed by atoms with Crippen LogP contribution in [0.15, 0.2) is 59.0 Å². The van der Waals surface area contributed by atoms with E-state index in [9.17, 15) is 13.6 Å². The van der Waals surface area contributed by atoms with Crippen molar-refractivity contribution >= 4 is 40.2 Å². The smallest absolute Gasteiger partial charge is 0.256 e. The minimum Gasteiger partial charge on any atom is -0.439 e. The molecular formula is C23H16Cl2F2N2O2. The van der Waals surface area contributed by atoms with Crippen molar-refractivity contribution in [3.8, 4) is 0 Å². The van der Waals surface area contributed by atoms with Gasteiger partial charge in [-0.05, 0) is 61.0 Å². The van der Waals surface area contributed by atoms with Gasteiger partial charge in [0.2, 0.25) is 5.89 Å². The lowest BCUT2D eigenvalue weighted by atomic mass is 10.1. The van der Waals surface area contributed by atoms with E-state index in [1.807, 2.05) is 19.1 Å². The van der Waals surface area contributed by atoms with E-state index in [4.69, 9.17) is 27.6 Å². The molecule has 4 rings (SSSR count). The first-order valence-electron chi connectivity index (χ1n) is 9.34. The Morgan fingerprint density at radius 3 is 2.61 bits per heavy atom. The third-order valence-corrected chi connectivity index (χ3v) is 5.28. The SMILES string of the molecule is Cc1ccc2oc(CN(Cc3cc(F)ccc3F)C(=O)c3ccc(Cl)cc3Cl)nc2c1. The molecule has 0 saturated heterocycles.